The van der Waals surface area contributed by atoms with Gasteiger partial charge < -0.3 is 9.88 Å². The highest BCUT2D eigenvalue weighted by molar-refractivity contribution is 7.80. The van der Waals surface area contributed by atoms with Gasteiger partial charge in [0.25, 0.3) is 0 Å². The third-order valence-corrected chi connectivity index (χ3v) is 4.37. The van der Waals surface area contributed by atoms with Gasteiger partial charge in [-0.3, -0.25) is 5.43 Å². The van der Waals surface area contributed by atoms with Gasteiger partial charge in [0, 0.05) is 17.4 Å². The molecule has 0 atom stereocenters. The topological polar surface area (TPSA) is 41.4 Å². The van der Waals surface area contributed by atoms with E-state index in [1.807, 2.05) is 47.2 Å². The number of hydrazone groups is 1. The average molecular weight is 380 g/mol. The van der Waals surface area contributed by atoms with Crippen LogP contribution in [0.4, 0.5) is 10.1 Å². The molecule has 0 saturated heterocycles. The third-order valence-electron chi connectivity index (χ3n) is 4.17. The molecule has 6 heteroatoms. The second kappa shape index (κ2) is 9.09. The molecule has 138 valence electrons. The van der Waals surface area contributed by atoms with Crippen LogP contribution in [0.15, 0.2) is 72.0 Å². The Kier molecular flexibility index (Phi) is 6.33. The summed E-state index contributed by atoms with van der Waals surface area (Å²) in [4.78, 5) is 0. The Labute approximate surface area is 163 Å². The molecular weight excluding hydrogens is 359 g/mol. The standard InChI is InChI=1S/C21H21FN4S/c1-2-16-8-4-6-12-20(16)24-21(27)25-23-14-18-10-7-13-26(18)15-17-9-3-5-11-19(17)22/h3-14H,2,15H2,1H3,(H2,24,25,27). The number of thiocarbonyl (C=S) groups is 1. The van der Waals surface area contributed by atoms with E-state index in [2.05, 4.69) is 28.8 Å². The molecule has 27 heavy (non-hydrogen) atoms. The molecule has 2 N–H and O–H groups in total. The SMILES string of the molecule is CCc1ccccc1NC(=S)NN=Cc1cccn1Cc1ccccc1F. The van der Waals surface area contributed by atoms with Crippen molar-refractivity contribution in [3.63, 3.8) is 0 Å². The number of nitrogens with zero attached hydrogens (tertiary/aromatic N) is 2. The van der Waals surface area contributed by atoms with Gasteiger partial charge >= 0.3 is 0 Å². The van der Waals surface area contributed by atoms with Gasteiger partial charge in [0.15, 0.2) is 5.11 Å². The van der Waals surface area contributed by atoms with Gasteiger partial charge in [0.05, 0.1) is 18.5 Å². The highest BCUT2D eigenvalue weighted by Gasteiger charge is 2.05. The smallest absolute Gasteiger partial charge is 0.191 e. The fourth-order valence-electron chi connectivity index (χ4n) is 2.76. The van der Waals surface area contributed by atoms with E-state index in [1.165, 1.54) is 11.6 Å². The van der Waals surface area contributed by atoms with Gasteiger partial charge in [-0.05, 0) is 48.5 Å². The maximum absolute atomic E-state index is 13.9. The number of hydrogen-bond acceptors (Lipinski definition) is 2. The lowest BCUT2D eigenvalue weighted by Gasteiger charge is -2.11. The van der Waals surface area contributed by atoms with Crippen LogP contribution in [0.2, 0.25) is 0 Å². The van der Waals surface area contributed by atoms with E-state index in [4.69, 9.17) is 12.2 Å². The fourth-order valence-corrected chi connectivity index (χ4v) is 2.92. The van der Waals surface area contributed by atoms with Crippen LogP contribution in [-0.4, -0.2) is 15.9 Å². The molecule has 3 rings (SSSR count). The Hall–Kier alpha value is -2.99. The Morgan fingerprint density at radius 2 is 1.81 bits per heavy atom. The Bertz CT molecular complexity index is 949. The van der Waals surface area contributed by atoms with Crippen LogP contribution in [0, 0.1) is 5.82 Å². The summed E-state index contributed by atoms with van der Waals surface area (Å²) in [5, 5.41) is 7.77. The van der Waals surface area contributed by atoms with Crippen molar-refractivity contribution in [2.24, 2.45) is 5.10 Å². The van der Waals surface area contributed by atoms with Crippen LogP contribution in [0.3, 0.4) is 0 Å². The molecule has 4 nitrogen and oxygen atoms in total. The number of benzene rings is 2. The molecule has 0 aliphatic heterocycles. The van der Waals surface area contributed by atoms with Gasteiger partial charge in [-0.15, -0.1) is 0 Å². The summed E-state index contributed by atoms with van der Waals surface area (Å²) in [5.74, 6) is -0.216. The fraction of sp³-hybridized carbons (Fsp3) is 0.143. The average Bonchev–Trinajstić information content (AvgIpc) is 3.11. The van der Waals surface area contributed by atoms with E-state index in [0.29, 0.717) is 17.2 Å². The summed E-state index contributed by atoms with van der Waals surface area (Å²) in [6, 6.07) is 18.6. The molecule has 0 saturated carbocycles. The number of hydrogen-bond donors (Lipinski definition) is 2. The van der Waals surface area contributed by atoms with Crippen molar-refractivity contribution >= 4 is 29.2 Å². The lowest BCUT2D eigenvalue weighted by atomic mass is 10.1. The molecule has 0 amide bonds. The number of anilines is 1. The molecule has 0 aliphatic carbocycles. The normalized spacial score (nSPS) is 10.9. The first-order valence-electron chi connectivity index (χ1n) is 8.74. The predicted molar refractivity (Wildman–Crippen MR) is 113 cm³/mol. The first-order valence-corrected chi connectivity index (χ1v) is 9.14. The molecule has 0 fully saturated rings. The molecule has 0 unspecified atom stereocenters. The molecule has 0 spiro atoms. The number of para-hydroxylation sites is 1. The summed E-state index contributed by atoms with van der Waals surface area (Å²) in [6.45, 7) is 2.53. The molecule has 3 aromatic rings. The molecule has 1 aromatic heterocycles. The van der Waals surface area contributed by atoms with E-state index in [0.717, 1.165) is 17.8 Å². The summed E-state index contributed by atoms with van der Waals surface area (Å²) < 4.78 is 15.8. The second-order valence-corrected chi connectivity index (χ2v) is 6.40. The minimum atomic E-state index is -0.216. The predicted octanol–water partition coefficient (Wildman–Crippen LogP) is 4.56. The van der Waals surface area contributed by atoms with Crippen molar-refractivity contribution in [3.05, 3.63) is 89.5 Å². The van der Waals surface area contributed by atoms with Crippen molar-refractivity contribution in [2.45, 2.75) is 19.9 Å². The maximum Gasteiger partial charge on any atom is 0.191 e. The Balaban J connectivity index is 1.61. The zero-order valence-electron chi connectivity index (χ0n) is 15.0. The van der Waals surface area contributed by atoms with Crippen molar-refractivity contribution in [3.8, 4) is 0 Å². The molecule has 2 aromatic carbocycles. The van der Waals surface area contributed by atoms with E-state index >= 15 is 0 Å². The zero-order chi connectivity index (χ0) is 19.1. The number of halogens is 1. The summed E-state index contributed by atoms with van der Waals surface area (Å²) in [5.41, 5.74) is 6.46. The van der Waals surface area contributed by atoms with Crippen LogP contribution < -0.4 is 10.7 Å². The zero-order valence-corrected chi connectivity index (χ0v) is 15.8. The van der Waals surface area contributed by atoms with Gasteiger partial charge in [-0.1, -0.05) is 43.3 Å². The van der Waals surface area contributed by atoms with Crippen molar-refractivity contribution in [2.75, 3.05) is 5.32 Å². The largest absolute Gasteiger partial charge is 0.342 e. The summed E-state index contributed by atoms with van der Waals surface area (Å²) in [7, 11) is 0. The number of aryl methyl sites for hydroxylation is 1. The lowest BCUT2D eigenvalue weighted by Crippen LogP contribution is -2.24. The number of rotatable bonds is 6. The minimum Gasteiger partial charge on any atom is -0.342 e. The number of nitrogens with one attached hydrogen (secondary N) is 2. The van der Waals surface area contributed by atoms with Gasteiger partial charge in [-0.2, -0.15) is 5.10 Å². The summed E-state index contributed by atoms with van der Waals surface area (Å²) >= 11 is 5.30. The van der Waals surface area contributed by atoms with Gasteiger partial charge in [0.1, 0.15) is 5.82 Å². The van der Waals surface area contributed by atoms with Crippen molar-refractivity contribution in [1.82, 2.24) is 9.99 Å². The quantitative estimate of drug-likeness (QED) is 0.374. The monoisotopic (exact) mass is 380 g/mol. The highest BCUT2D eigenvalue weighted by atomic mass is 32.1. The van der Waals surface area contributed by atoms with Crippen molar-refractivity contribution in [1.29, 1.82) is 0 Å². The number of aromatic nitrogens is 1. The van der Waals surface area contributed by atoms with Crippen LogP contribution in [0.1, 0.15) is 23.7 Å². The van der Waals surface area contributed by atoms with Gasteiger partial charge in [0.2, 0.25) is 0 Å². The molecule has 1 heterocycles. The third kappa shape index (κ3) is 5.01. The summed E-state index contributed by atoms with van der Waals surface area (Å²) in [6.07, 6.45) is 4.47. The van der Waals surface area contributed by atoms with Crippen molar-refractivity contribution < 1.29 is 4.39 Å². The highest BCUT2D eigenvalue weighted by Crippen LogP contribution is 2.15. The molecule has 0 aliphatic rings. The van der Waals surface area contributed by atoms with Crippen LogP contribution >= 0.6 is 12.2 Å². The van der Waals surface area contributed by atoms with E-state index in [1.54, 1.807) is 18.3 Å². The Morgan fingerprint density at radius 3 is 2.59 bits per heavy atom. The Morgan fingerprint density at radius 1 is 1.07 bits per heavy atom. The van der Waals surface area contributed by atoms with Crippen LogP contribution in [0.25, 0.3) is 0 Å². The van der Waals surface area contributed by atoms with Gasteiger partial charge in [-0.25, -0.2) is 4.39 Å². The molecule has 0 bridgehead atoms. The van der Waals surface area contributed by atoms with Crippen LogP contribution in [0.5, 0.6) is 0 Å². The first-order chi connectivity index (χ1) is 13.2. The lowest BCUT2D eigenvalue weighted by molar-refractivity contribution is 0.599. The van der Waals surface area contributed by atoms with E-state index in [-0.39, 0.29) is 5.82 Å². The molecular formula is C21H21FN4S. The molecule has 0 radical (unpaired) electrons. The van der Waals surface area contributed by atoms with E-state index in [9.17, 15) is 4.39 Å². The second-order valence-electron chi connectivity index (χ2n) is 5.99. The van der Waals surface area contributed by atoms with Crippen LogP contribution in [-0.2, 0) is 13.0 Å². The first kappa shape index (κ1) is 18.8. The minimum absolute atomic E-state index is 0.216. The maximum atomic E-state index is 13.9. The van der Waals surface area contributed by atoms with E-state index < -0.39 is 0 Å².